The van der Waals surface area contributed by atoms with E-state index in [-0.39, 0.29) is 5.91 Å². The van der Waals surface area contributed by atoms with Crippen LogP contribution in [0.5, 0.6) is 5.75 Å². The number of ether oxygens (including phenoxy) is 1. The topological polar surface area (TPSA) is 64.1 Å². The summed E-state index contributed by atoms with van der Waals surface area (Å²) < 4.78 is 14.0. The lowest BCUT2D eigenvalue weighted by Crippen LogP contribution is -2.12. The first-order valence-corrected chi connectivity index (χ1v) is 8.72. The normalized spacial score (nSPS) is 10.5. The fourth-order valence-electron chi connectivity index (χ4n) is 2.20. The molecule has 5 nitrogen and oxygen atoms in total. The summed E-state index contributed by atoms with van der Waals surface area (Å²) in [5.74, 6) is 0.489. The largest absolute Gasteiger partial charge is 0.487 e. The number of aromatic nitrogens is 2. The van der Waals surface area contributed by atoms with E-state index in [1.165, 1.54) is 11.7 Å². The minimum absolute atomic E-state index is 0.184. The first kappa shape index (κ1) is 17.4. The molecule has 0 aliphatic carbocycles. The molecule has 1 amide bonds. The third-order valence-corrected chi connectivity index (χ3v) is 4.57. The number of carbonyl (C=O) groups is 1. The molecule has 0 unspecified atom stereocenters. The maximum Gasteiger partial charge on any atom is 0.255 e. The van der Waals surface area contributed by atoms with E-state index >= 15 is 0 Å². The summed E-state index contributed by atoms with van der Waals surface area (Å²) in [4.78, 5) is 12.4. The van der Waals surface area contributed by atoms with Crippen molar-refractivity contribution >= 4 is 34.9 Å². The molecular formula is C18H16ClN3O2S. The Morgan fingerprint density at radius 1 is 1.16 bits per heavy atom. The molecule has 3 aromatic rings. The fourth-order valence-corrected chi connectivity index (χ4v) is 2.98. The quantitative estimate of drug-likeness (QED) is 0.707. The molecule has 1 aromatic heterocycles. The molecule has 1 heterocycles. The molecule has 128 valence electrons. The smallest absolute Gasteiger partial charge is 0.255 e. The van der Waals surface area contributed by atoms with E-state index in [4.69, 9.17) is 16.3 Å². The molecular weight excluding hydrogens is 358 g/mol. The molecule has 0 fully saturated rings. The van der Waals surface area contributed by atoms with E-state index in [0.29, 0.717) is 22.9 Å². The van der Waals surface area contributed by atoms with Gasteiger partial charge in [-0.1, -0.05) is 11.6 Å². The van der Waals surface area contributed by atoms with Crippen LogP contribution in [0.4, 0.5) is 5.69 Å². The Labute approximate surface area is 154 Å². The number of halogens is 1. The van der Waals surface area contributed by atoms with E-state index in [2.05, 4.69) is 14.1 Å². The number of benzene rings is 2. The van der Waals surface area contributed by atoms with Gasteiger partial charge in [-0.3, -0.25) is 4.79 Å². The zero-order chi connectivity index (χ0) is 17.8. The average Bonchev–Trinajstić information content (AvgIpc) is 3.01. The minimum Gasteiger partial charge on any atom is -0.487 e. The van der Waals surface area contributed by atoms with E-state index in [1.54, 1.807) is 36.4 Å². The molecule has 0 atom stereocenters. The Morgan fingerprint density at radius 3 is 2.56 bits per heavy atom. The summed E-state index contributed by atoms with van der Waals surface area (Å²) in [5.41, 5.74) is 3.90. The predicted octanol–water partition coefficient (Wildman–Crippen LogP) is 4.64. The number of nitrogens with zero attached hydrogens (tertiary/aromatic N) is 2. The fraction of sp³-hybridized carbons (Fsp3) is 0.167. The minimum atomic E-state index is -0.184. The Hall–Kier alpha value is -2.44. The number of carbonyl (C=O) groups excluding carboxylic acids is 1. The van der Waals surface area contributed by atoms with Gasteiger partial charge in [0.15, 0.2) is 0 Å². The Balaban J connectivity index is 1.63. The molecule has 0 aliphatic rings. The molecule has 1 N–H and O–H groups in total. The van der Waals surface area contributed by atoms with Crippen molar-refractivity contribution in [2.75, 3.05) is 5.32 Å². The maximum atomic E-state index is 12.4. The lowest BCUT2D eigenvalue weighted by atomic mass is 10.1. The molecule has 2 aromatic carbocycles. The second-order valence-electron chi connectivity index (χ2n) is 5.52. The van der Waals surface area contributed by atoms with Gasteiger partial charge in [0.25, 0.3) is 5.91 Å². The maximum absolute atomic E-state index is 12.4. The second kappa shape index (κ2) is 7.63. The van der Waals surface area contributed by atoms with Crippen LogP contribution in [0.25, 0.3) is 0 Å². The molecule has 0 aliphatic heterocycles. The average molecular weight is 374 g/mol. The first-order valence-electron chi connectivity index (χ1n) is 7.61. The van der Waals surface area contributed by atoms with Crippen molar-refractivity contribution in [3.8, 4) is 5.75 Å². The molecule has 3 rings (SSSR count). The summed E-state index contributed by atoms with van der Waals surface area (Å²) in [6, 6.07) is 12.3. The predicted molar refractivity (Wildman–Crippen MR) is 99.6 cm³/mol. The van der Waals surface area contributed by atoms with E-state index in [1.807, 2.05) is 19.9 Å². The zero-order valence-corrected chi connectivity index (χ0v) is 15.3. The number of nitrogens with one attached hydrogen (secondary N) is 1. The molecule has 0 saturated carbocycles. The Bertz CT molecular complexity index is 894. The van der Waals surface area contributed by atoms with Crippen LogP contribution in [0, 0.1) is 13.8 Å². The van der Waals surface area contributed by atoms with Crippen LogP contribution in [-0.4, -0.2) is 14.7 Å². The molecule has 7 heteroatoms. The van der Waals surface area contributed by atoms with Crippen LogP contribution < -0.4 is 10.1 Å². The number of anilines is 1. The SMILES string of the molecule is Cc1cc(Cl)ccc1NC(=O)c1ccc(OCc2nsnc2C)cc1. The van der Waals surface area contributed by atoms with Crippen LogP contribution in [0.1, 0.15) is 27.3 Å². The van der Waals surface area contributed by atoms with Crippen molar-refractivity contribution in [2.45, 2.75) is 20.5 Å². The van der Waals surface area contributed by atoms with Gasteiger partial charge >= 0.3 is 0 Å². The van der Waals surface area contributed by atoms with Gasteiger partial charge in [0, 0.05) is 16.3 Å². The Kier molecular flexibility index (Phi) is 5.31. The molecule has 0 spiro atoms. The van der Waals surface area contributed by atoms with Crippen molar-refractivity contribution < 1.29 is 9.53 Å². The van der Waals surface area contributed by atoms with Crippen molar-refractivity contribution in [3.05, 3.63) is 70.0 Å². The Morgan fingerprint density at radius 2 is 1.92 bits per heavy atom. The molecule has 0 radical (unpaired) electrons. The second-order valence-corrected chi connectivity index (χ2v) is 6.49. The van der Waals surface area contributed by atoms with Crippen molar-refractivity contribution in [3.63, 3.8) is 0 Å². The lowest BCUT2D eigenvalue weighted by Gasteiger charge is -2.09. The van der Waals surface area contributed by atoms with Crippen LogP contribution in [0.2, 0.25) is 5.02 Å². The van der Waals surface area contributed by atoms with Gasteiger partial charge in [-0.15, -0.1) is 0 Å². The highest BCUT2D eigenvalue weighted by molar-refractivity contribution is 6.99. The van der Waals surface area contributed by atoms with Crippen LogP contribution >= 0.6 is 23.3 Å². The third-order valence-electron chi connectivity index (χ3n) is 3.68. The summed E-state index contributed by atoms with van der Waals surface area (Å²) in [6.07, 6.45) is 0. The number of hydrogen-bond donors (Lipinski definition) is 1. The number of rotatable bonds is 5. The van der Waals surface area contributed by atoms with Crippen molar-refractivity contribution in [1.82, 2.24) is 8.75 Å². The van der Waals surface area contributed by atoms with Gasteiger partial charge < -0.3 is 10.1 Å². The highest BCUT2D eigenvalue weighted by Crippen LogP contribution is 2.21. The van der Waals surface area contributed by atoms with Gasteiger partial charge in [-0.2, -0.15) is 8.75 Å². The number of hydrogen-bond acceptors (Lipinski definition) is 5. The van der Waals surface area contributed by atoms with Gasteiger partial charge in [-0.25, -0.2) is 0 Å². The number of aryl methyl sites for hydroxylation is 2. The summed E-state index contributed by atoms with van der Waals surface area (Å²) in [6.45, 7) is 4.15. The lowest BCUT2D eigenvalue weighted by molar-refractivity contribution is 0.102. The molecule has 0 bridgehead atoms. The third kappa shape index (κ3) is 4.35. The van der Waals surface area contributed by atoms with Gasteiger partial charge in [0.1, 0.15) is 18.1 Å². The molecule has 0 saturated heterocycles. The van der Waals surface area contributed by atoms with Gasteiger partial charge in [0.2, 0.25) is 0 Å². The monoisotopic (exact) mass is 373 g/mol. The number of amides is 1. The first-order chi connectivity index (χ1) is 12.0. The van der Waals surface area contributed by atoms with Gasteiger partial charge in [-0.05, 0) is 61.9 Å². The summed E-state index contributed by atoms with van der Waals surface area (Å²) in [5, 5.41) is 3.52. The van der Waals surface area contributed by atoms with E-state index in [9.17, 15) is 4.79 Å². The highest BCUT2D eigenvalue weighted by atomic mass is 35.5. The van der Waals surface area contributed by atoms with Crippen molar-refractivity contribution in [2.24, 2.45) is 0 Å². The molecule has 25 heavy (non-hydrogen) atoms. The van der Waals surface area contributed by atoms with E-state index in [0.717, 1.165) is 22.6 Å². The highest BCUT2D eigenvalue weighted by Gasteiger charge is 2.09. The van der Waals surface area contributed by atoms with Crippen LogP contribution in [-0.2, 0) is 6.61 Å². The van der Waals surface area contributed by atoms with Crippen LogP contribution in [0.15, 0.2) is 42.5 Å². The summed E-state index contributed by atoms with van der Waals surface area (Å²) >= 11 is 7.10. The van der Waals surface area contributed by atoms with Crippen LogP contribution in [0.3, 0.4) is 0 Å². The summed E-state index contributed by atoms with van der Waals surface area (Å²) in [7, 11) is 0. The standard InChI is InChI=1S/C18H16ClN3O2S/c1-11-9-14(19)5-8-16(11)20-18(23)13-3-6-15(7-4-13)24-10-17-12(2)21-25-22-17/h3-9H,10H2,1-2H3,(H,20,23). The van der Waals surface area contributed by atoms with E-state index < -0.39 is 0 Å². The zero-order valence-electron chi connectivity index (χ0n) is 13.7. The van der Waals surface area contributed by atoms with Crippen molar-refractivity contribution in [1.29, 1.82) is 0 Å². The van der Waals surface area contributed by atoms with Gasteiger partial charge in [0.05, 0.1) is 17.4 Å².